The molecule has 0 amide bonds. The van der Waals surface area contributed by atoms with Gasteiger partial charge in [-0.15, -0.1) is 0 Å². The summed E-state index contributed by atoms with van der Waals surface area (Å²) in [7, 11) is 0. The molecule has 0 bridgehead atoms. The van der Waals surface area contributed by atoms with Gasteiger partial charge in [-0.05, 0) is 19.4 Å². The summed E-state index contributed by atoms with van der Waals surface area (Å²) in [4.78, 5) is 4.29. The molecule has 2 rings (SSSR count). The molecule has 0 aliphatic rings. The van der Waals surface area contributed by atoms with E-state index in [-0.39, 0.29) is 0 Å². The first kappa shape index (κ1) is 10.8. The minimum atomic E-state index is 0.736. The summed E-state index contributed by atoms with van der Waals surface area (Å²) in [5.74, 6) is 0.786. The average Bonchev–Trinajstić information content (AvgIpc) is 2.79. The van der Waals surface area contributed by atoms with Crippen molar-refractivity contribution in [1.82, 2.24) is 14.8 Å². The summed E-state index contributed by atoms with van der Waals surface area (Å²) >= 11 is 0. The molecule has 0 atom stereocenters. The van der Waals surface area contributed by atoms with Gasteiger partial charge in [0.1, 0.15) is 6.33 Å². The monoisotopic (exact) mass is 216 g/mol. The van der Waals surface area contributed by atoms with Gasteiger partial charge in [-0.3, -0.25) is 4.68 Å². The van der Waals surface area contributed by atoms with Gasteiger partial charge in [-0.25, -0.2) is 4.98 Å². The number of benzene rings is 1. The third-order valence-electron chi connectivity index (χ3n) is 2.41. The zero-order valence-corrected chi connectivity index (χ0v) is 9.21. The molecule has 4 nitrogen and oxygen atoms in total. The zero-order valence-electron chi connectivity index (χ0n) is 9.21. The predicted molar refractivity (Wildman–Crippen MR) is 63.7 cm³/mol. The maximum Gasteiger partial charge on any atom is 0.181 e. The molecule has 16 heavy (non-hydrogen) atoms. The Kier molecular flexibility index (Phi) is 3.66. The van der Waals surface area contributed by atoms with Gasteiger partial charge < -0.3 is 5.73 Å². The van der Waals surface area contributed by atoms with E-state index in [4.69, 9.17) is 5.73 Å². The van der Waals surface area contributed by atoms with Crippen LogP contribution in [0.2, 0.25) is 0 Å². The van der Waals surface area contributed by atoms with Gasteiger partial charge in [0.15, 0.2) is 5.82 Å². The van der Waals surface area contributed by atoms with Gasteiger partial charge in [0.25, 0.3) is 0 Å². The van der Waals surface area contributed by atoms with Crippen molar-refractivity contribution >= 4 is 0 Å². The van der Waals surface area contributed by atoms with Crippen LogP contribution in [0.15, 0.2) is 36.7 Å². The molecule has 0 saturated carbocycles. The fraction of sp³-hybridized carbons (Fsp3) is 0.333. The van der Waals surface area contributed by atoms with E-state index in [0.29, 0.717) is 0 Å². The van der Waals surface area contributed by atoms with E-state index >= 15 is 0 Å². The normalized spacial score (nSPS) is 10.6. The van der Waals surface area contributed by atoms with E-state index < -0.39 is 0 Å². The van der Waals surface area contributed by atoms with Crippen LogP contribution < -0.4 is 5.73 Å². The van der Waals surface area contributed by atoms with Crippen molar-refractivity contribution in [3.8, 4) is 11.4 Å². The van der Waals surface area contributed by atoms with E-state index in [2.05, 4.69) is 10.1 Å². The Morgan fingerprint density at radius 2 is 1.94 bits per heavy atom. The van der Waals surface area contributed by atoms with Crippen molar-refractivity contribution in [2.45, 2.75) is 19.4 Å². The Morgan fingerprint density at radius 1 is 1.12 bits per heavy atom. The van der Waals surface area contributed by atoms with Gasteiger partial charge in [-0.1, -0.05) is 30.3 Å². The summed E-state index contributed by atoms with van der Waals surface area (Å²) in [5.41, 5.74) is 6.50. The standard InChI is InChI=1S/C12H16N4/c13-8-4-5-9-16-10-14-12(15-16)11-6-2-1-3-7-11/h1-3,6-7,10H,4-5,8-9,13H2. The summed E-state index contributed by atoms with van der Waals surface area (Å²) in [6, 6.07) is 10.00. The number of nitrogens with zero attached hydrogens (tertiary/aromatic N) is 3. The molecule has 0 fully saturated rings. The first-order chi connectivity index (χ1) is 7.90. The second kappa shape index (κ2) is 5.42. The van der Waals surface area contributed by atoms with Gasteiger partial charge >= 0.3 is 0 Å². The first-order valence-corrected chi connectivity index (χ1v) is 5.55. The van der Waals surface area contributed by atoms with Crippen molar-refractivity contribution in [3.05, 3.63) is 36.7 Å². The third kappa shape index (κ3) is 2.67. The zero-order chi connectivity index (χ0) is 11.2. The van der Waals surface area contributed by atoms with Crippen LogP contribution in [-0.4, -0.2) is 21.3 Å². The second-order valence-electron chi connectivity index (χ2n) is 3.69. The van der Waals surface area contributed by atoms with Crippen LogP contribution >= 0.6 is 0 Å². The van der Waals surface area contributed by atoms with E-state index in [9.17, 15) is 0 Å². The molecule has 1 aromatic heterocycles. The Hall–Kier alpha value is -1.68. The topological polar surface area (TPSA) is 56.7 Å². The molecule has 0 spiro atoms. The lowest BCUT2D eigenvalue weighted by molar-refractivity contribution is 0.561. The van der Waals surface area contributed by atoms with Crippen LogP contribution in [0.1, 0.15) is 12.8 Å². The van der Waals surface area contributed by atoms with Gasteiger partial charge in [-0.2, -0.15) is 5.10 Å². The van der Waals surface area contributed by atoms with Crippen LogP contribution in [0.25, 0.3) is 11.4 Å². The van der Waals surface area contributed by atoms with Crippen LogP contribution in [-0.2, 0) is 6.54 Å². The maximum absolute atomic E-state index is 5.44. The highest BCUT2D eigenvalue weighted by atomic mass is 15.3. The Balaban J connectivity index is 2.02. The van der Waals surface area contributed by atoms with E-state index in [1.165, 1.54) is 0 Å². The molecular formula is C12H16N4. The van der Waals surface area contributed by atoms with Crippen molar-refractivity contribution in [2.75, 3.05) is 6.54 Å². The Labute approximate surface area is 95.1 Å². The highest BCUT2D eigenvalue weighted by Gasteiger charge is 2.02. The van der Waals surface area contributed by atoms with Gasteiger partial charge in [0, 0.05) is 12.1 Å². The molecule has 0 unspecified atom stereocenters. The largest absolute Gasteiger partial charge is 0.330 e. The number of hydrogen-bond donors (Lipinski definition) is 1. The number of unbranched alkanes of at least 4 members (excludes halogenated alkanes) is 1. The lowest BCUT2D eigenvalue weighted by Crippen LogP contribution is -2.03. The number of aryl methyl sites for hydroxylation is 1. The fourth-order valence-electron chi connectivity index (χ4n) is 1.54. The fourth-order valence-corrected chi connectivity index (χ4v) is 1.54. The first-order valence-electron chi connectivity index (χ1n) is 5.55. The maximum atomic E-state index is 5.44. The second-order valence-corrected chi connectivity index (χ2v) is 3.69. The van der Waals surface area contributed by atoms with E-state index in [1.807, 2.05) is 35.0 Å². The molecule has 0 aliphatic heterocycles. The summed E-state index contributed by atoms with van der Waals surface area (Å²) in [6.07, 6.45) is 3.85. The van der Waals surface area contributed by atoms with Crippen LogP contribution in [0.4, 0.5) is 0 Å². The quantitative estimate of drug-likeness (QED) is 0.774. The molecule has 0 saturated heterocycles. The summed E-state index contributed by atoms with van der Waals surface area (Å²) in [6.45, 7) is 1.62. The van der Waals surface area contributed by atoms with Gasteiger partial charge in [0.05, 0.1) is 0 Å². The molecule has 1 aromatic carbocycles. The smallest absolute Gasteiger partial charge is 0.181 e. The number of nitrogens with two attached hydrogens (primary N) is 1. The van der Waals surface area contributed by atoms with Crippen LogP contribution in [0.5, 0.6) is 0 Å². The molecule has 0 radical (unpaired) electrons. The van der Waals surface area contributed by atoms with Crippen molar-refractivity contribution in [3.63, 3.8) is 0 Å². The molecular weight excluding hydrogens is 200 g/mol. The molecule has 84 valence electrons. The Bertz CT molecular complexity index is 422. The predicted octanol–water partition coefficient (Wildman–Crippen LogP) is 1.68. The minimum Gasteiger partial charge on any atom is -0.330 e. The number of rotatable bonds is 5. The van der Waals surface area contributed by atoms with Gasteiger partial charge in [0.2, 0.25) is 0 Å². The summed E-state index contributed by atoms with van der Waals surface area (Å²) < 4.78 is 1.87. The molecule has 1 heterocycles. The molecule has 0 aliphatic carbocycles. The summed E-state index contributed by atoms with van der Waals surface area (Å²) in [5, 5.41) is 4.42. The van der Waals surface area contributed by atoms with E-state index in [0.717, 1.165) is 37.3 Å². The lowest BCUT2D eigenvalue weighted by Gasteiger charge is -1.98. The Morgan fingerprint density at radius 3 is 2.69 bits per heavy atom. The van der Waals surface area contributed by atoms with E-state index in [1.54, 1.807) is 6.33 Å². The average molecular weight is 216 g/mol. The molecule has 4 heteroatoms. The highest BCUT2D eigenvalue weighted by molar-refractivity contribution is 5.53. The highest BCUT2D eigenvalue weighted by Crippen LogP contribution is 2.12. The van der Waals surface area contributed by atoms with Crippen molar-refractivity contribution in [1.29, 1.82) is 0 Å². The third-order valence-corrected chi connectivity index (χ3v) is 2.41. The van der Waals surface area contributed by atoms with Crippen LogP contribution in [0.3, 0.4) is 0 Å². The van der Waals surface area contributed by atoms with Crippen LogP contribution in [0, 0.1) is 0 Å². The molecule has 2 aromatic rings. The van der Waals surface area contributed by atoms with Crippen molar-refractivity contribution in [2.24, 2.45) is 5.73 Å². The number of hydrogen-bond acceptors (Lipinski definition) is 3. The van der Waals surface area contributed by atoms with Crippen molar-refractivity contribution < 1.29 is 0 Å². The number of aromatic nitrogens is 3. The lowest BCUT2D eigenvalue weighted by atomic mass is 10.2. The minimum absolute atomic E-state index is 0.736. The SMILES string of the molecule is NCCCCn1cnc(-c2ccccc2)n1. The molecule has 2 N–H and O–H groups in total.